The molecule has 1 N–H and O–H groups in total. The summed E-state index contributed by atoms with van der Waals surface area (Å²) in [5.41, 5.74) is 1.38. The van der Waals surface area contributed by atoms with E-state index < -0.39 is 0 Å². The Morgan fingerprint density at radius 2 is 2.00 bits per heavy atom. The van der Waals surface area contributed by atoms with Crippen molar-refractivity contribution in [1.29, 1.82) is 0 Å². The number of fused-ring (bicyclic) bond motifs is 1. The molecule has 20 heavy (non-hydrogen) atoms. The van der Waals surface area contributed by atoms with Crippen LogP contribution < -0.4 is 5.32 Å². The number of hydrogen-bond donors (Lipinski definition) is 1. The van der Waals surface area contributed by atoms with Crippen molar-refractivity contribution < 1.29 is 4.74 Å². The molecular formula is C18H23NO. The third-order valence-electron chi connectivity index (χ3n) is 4.51. The average molecular weight is 269 g/mol. The maximum absolute atomic E-state index is 5.63. The lowest BCUT2D eigenvalue weighted by molar-refractivity contribution is 0.105. The predicted molar refractivity (Wildman–Crippen MR) is 83.9 cm³/mol. The molecule has 3 rings (SSSR count). The molecule has 2 nitrogen and oxygen atoms in total. The van der Waals surface area contributed by atoms with Crippen molar-refractivity contribution in [2.45, 2.75) is 32.4 Å². The molecule has 0 aromatic heterocycles. The summed E-state index contributed by atoms with van der Waals surface area (Å²) >= 11 is 0. The van der Waals surface area contributed by atoms with Gasteiger partial charge in [-0.25, -0.2) is 0 Å². The molecule has 2 heteroatoms. The fourth-order valence-electron chi connectivity index (χ4n) is 3.11. The summed E-state index contributed by atoms with van der Waals surface area (Å²) in [5.74, 6) is 0.646. The van der Waals surface area contributed by atoms with E-state index in [1.807, 2.05) is 0 Å². The lowest BCUT2D eigenvalue weighted by atomic mass is 9.98. The summed E-state index contributed by atoms with van der Waals surface area (Å²) in [6.45, 7) is 6.38. The van der Waals surface area contributed by atoms with Crippen LogP contribution in [0.2, 0.25) is 0 Å². The normalized spacial score (nSPS) is 24.1. The predicted octanol–water partition coefficient (Wildman–Crippen LogP) is 3.92. The first-order valence-electron chi connectivity index (χ1n) is 7.58. The zero-order valence-electron chi connectivity index (χ0n) is 12.3. The van der Waals surface area contributed by atoms with Crippen molar-refractivity contribution in [3.63, 3.8) is 0 Å². The molecule has 2 aromatic rings. The summed E-state index contributed by atoms with van der Waals surface area (Å²) in [7, 11) is 0. The van der Waals surface area contributed by atoms with Gasteiger partial charge in [0.05, 0.1) is 6.10 Å². The fourth-order valence-corrected chi connectivity index (χ4v) is 3.11. The maximum atomic E-state index is 5.63. The molecule has 0 saturated carbocycles. The molecule has 1 heterocycles. The molecule has 1 fully saturated rings. The van der Waals surface area contributed by atoms with E-state index in [1.54, 1.807) is 0 Å². The second-order valence-corrected chi connectivity index (χ2v) is 5.82. The standard InChI is InChI=1S/C18H23NO/c1-13(19-12-16-10-11-20-14(16)2)17-9-5-7-15-6-3-4-8-18(15)17/h3-9,13-14,16,19H,10-12H2,1-2H3. The molecule has 3 unspecified atom stereocenters. The van der Waals surface area contributed by atoms with Gasteiger partial charge in [0, 0.05) is 19.2 Å². The molecule has 0 spiro atoms. The van der Waals surface area contributed by atoms with Gasteiger partial charge in [0.1, 0.15) is 0 Å². The Kier molecular flexibility index (Phi) is 4.04. The smallest absolute Gasteiger partial charge is 0.0588 e. The minimum absolute atomic E-state index is 0.369. The Hall–Kier alpha value is -1.38. The van der Waals surface area contributed by atoms with Gasteiger partial charge >= 0.3 is 0 Å². The Labute approximate surface area is 121 Å². The van der Waals surface area contributed by atoms with Crippen molar-refractivity contribution in [2.24, 2.45) is 5.92 Å². The topological polar surface area (TPSA) is 21.3 Å². The van der Waals surface area contributed by atoms with Crippen LogP contribution in [0.15, 0.2) is 42.5 Å². The monoisotopic (exact) mass is 269 g/mol. The van der Waals surface area contributed by atoms with Gasteiger partial charge in [0.25, 0.3) is 0 Å². The van der Waals surface area contributed by atoms with Gasteiger partial charge in [-0.15, -0.1) is 0 Å². The number of ether oxygens (including phenoxy) is 1. The van der Waals surface area contributed by atoms with Crippen LogP contribution in [0.25, 0.3) is 10.8 Å². The average Bonchev–Trinajstić information content (AvgIpc) is 2.89. The highest BCUT2D eigenvalue weighted by atomic mass is 16.5. The van der Waals surface area contributed by atoms with Gasteiger partial charge in [-0.1, -0.05) is 42.5 Å². The van der Waals surface area contributed by atoms with Crippen molar-refractivity contribution in [3.05, 3.63) is 48.0 Å². The molecule has 2 aromatic carbocycles. The van der Waals surface area contributed by atoms with Gasteiger partial charge in [0.2, 0.25) is 0 Å². The van der Waals surface area contributed by atoms with E-state index in [0.29, 0.717) is 18.1 Å². The van der Waals surface area contributed by atoms with Gasteiger partial charge in [-0.2, -0.15) is 0 Å². The Balaban J connectivity index is 1.73. The van der Waals surface area contributed by atoms with Crippen LogP contribution in [0.5, 0.6) is 0 Å². The van der Waals surface area contributed by atoms with Crippen molar-refractivity contribution in [1.82, 2.24) is 5.32 Å². The van der Waals surface area contributed by atoms with Crippen LogP contribution in [0.1, 0.15) is 31.9 Å². The van der Waals surface area contributed by atoms with E-state index in [-0.39, 0.29) is 0 Å². The third-order valence-corrected chi connectivity index (χ3v) is 4.51. The summed E-state index contributed by atoms with van der Waals surface area (Å²) in [6, 6.07) is 15.5. The summed E-state index contributed by atoms with van der Waals surface area (Å²) in [6.07, 6.45) is 1.57. The van der Waals surface area contributed by atoms with Gasteiger partial charge < -0.3 is 10.1 Å². The summed E-state index contributed by atoms with van der Waals surface area (Å²) in [4.78, 5) is 0. The lowest BCUT2D eigenvalue weighted by Crippen LogP contribution is -2.29. The van der Waals surface area contributed by atoms with Crippen LogP contribution in [0.3, 0.4) is 0 Å². The zero-order chi connectivity index (χ0) is 13.9. The highest BCUT2D eigenvalue weighted by Gasteiger charge is 2.24. The molecular weight excluding hydrogens is 246 g/mol. The minimum Gasteiger partial charge on any atom is -0.378 e. The van der Waals surface area contributed by atoms with E-state index in [4.69, 9.17) is 4.74 Å². The number of nitrogens with one attached hydrogen (secondary N) is 1. The van der Waals surface area contributed by atoms with E-state index in [2.05, 4.69) is 61.6 Å². The highest BCUT2D eigenvalue weighted by molar-refractivity contribution is 5.86. The van der Waals surface area contributed by atoms with Crippen molar-refractivity contribution in [2.75, 3.05) is 13.2 Å². The Morgan fingerprint density at radius 1 is 1.20 bits per heavy atom. The van der Waals surface area contributed by atoms with Crippen LogP contribution in [-0.2, 0) is 4.74 Å². The van der Waals surface area contributed by atoms with E-state index in [0.717, 1.165) is 13.2 Å². The lowest BCUT2D eigenvalue weighted by Gasteiger charge is -2.20. The summed E-state index contributed by atoms with van der Waals surface area (Å²) < 4.78 is 5.63. The second-order valence-electron chi connectivity index (χ2n) is 5.82. The first-order chi connectivity index (χ1) is 9.75. The molecule has 0 bridgehead atoms. The number of rotatable bonds is 4. The third kappa shape index (κ3) is 2.72. The van der Waals surface area contributed by atoms with Gasteiger partial charge in [0.15, 0.2) is 0 Å². The van der Waals surface area contributed by atoms with E-state index in [9.17, 15) is 0 Å². The van der Waals surface area contributed by atoms with Crippen LogP contribution in [0.4, 0.5) is 0 Å². The van der Waals surface area contributed by atoms with E-state index in [1.165, 1.54) is 22.8 Å². The van der Waals surface area contributed by atoms with Crippen molar-refractivity contribution >= 4 is 10.8 Å². The zero-order valence-corrected chi connectivity index (χ0v) is 12.3. The SMILES string of the molecule is CC(NCC1CCOC1C)c1cccc2ccccc12. The molecule has 106 valence electrons. The van der Waals surface area contributed by atoms with Crippen LogP contribution in [0, 0.1) is 5.92 Å². The maximum Gasteiger partial charge on any atom is 0.0588 e. The molecule has 3 atom stereocenters. The quantitative estimate of drug-likeness (QED) is 0.908. The Morgan fingerprint density at radius 3 is 2.80 bits per heavy atom. The number of benzene rings is 2. The molecule has 1 saturated heterocycles. The fraction of sp³-hybridized carbons (Fsp3) is 0.444. The largest absolute Gasteiger partial charge is 0.378 e. The summed E-state index contributed by atoms with van der Waals surface area (Å²) in [5, 5.41) is 6.35. The molecule has 0 radical (unpaired) electrons. The second kappa shape index (κ2) is 5.94. The van der Waals surface area contributed by atoms with Gasteiger partial charge in [-0.3, -0.25) is 0 Å². The van der Waals surface area contributed by atoms with E-state index >= 15 is 0 Å². The van der Waals surface area contributed by atoms with Crippen LogP contribution >= 0.6 is 0 Å². The minimum atomic E-state index is 0.369. The molecule has 0 amide bonds. The van der Waals surface area contributed by atoms with Crippen molar-refractivity contribution in [3.8, 4) is 0 Å². The first kappa shape index (κ1) is 13.6. The first-order valence-corrected chi connectivity index (χ1v) is 7.58. The van der Waals surface area contributed by atoms with Gasteiger partial charge in [-0.05, 0) is 42.5 Å². The molecule has 1 aliphatic heterocycles. The Bertz CT molecular complexity index is 575. The molecule has 0 aliphatic carbocycles. The molecule has 1 aliphatic rings. The highest BCUT2D eigenvalue weighted by Crippen LogP contribution is 2.25. The number of hydrogen-bond acceptors (Lipinski definition) is 2. The van der Waals surface area contributed by atoms with Crippen LogP contribution in [-0.4, -0.2) is 19.3 Å².